The van der Waals surface area contributed by atoms with Crippen LogP contribution in [-0.4, -0.2) is 17.8 Å². The number of hydrogen-bond donors (Lipinski definition) is 2. The lowest BCUT2D eigenvalue weighted by Crippen LogP contribution is -2.28. The molecule has 1 rings (SSSR count). The largest absolute Gasteiger partial charge is 0.396 e. The van der Waals surface area contributed by atoms with E-state index in [1.807, 2.05) is 18.2 Å². The Kier molecular flexibility index (Phi) is 5.27. The van der Waals surface area contributed by atoms with Gasteiger partial charge in [0, 0.05) is 19.2 Å². The lowest BCUT2D eigenvalue weighted by Gasteiger charge is -2.15. The minimum absolute atomic E-state index is 0.264. The van der Waals surface area contributed by atoms with Crippen molar-refractivity contribution in [3.8, 4) is 0 Å². The molecule has 0 spiro atoms. The summed E-state index contributed by atoms with van der Waals surface area (Å²) in [5.41, 5.74) is 1.30. The Morgan fingerprint density at radius 2 is 2.00 bits per heavy atom. The molecule has 1 aromatic carbocycles. The van der Waals surface area contributed by atoms with Gasteiger partial charge in [0.2, 0.25) is 0 Å². The average Bonchev–Trinajstić information content (AvgIpc) is 2.25. The SMILES string of the molecule is CCC(CCO)NCc1ccccc1. The van der Waals surface area contributed by atoms with Crippen LogP contribution in [0.5, 0.6) is 0 Å². The standard InChI is InChI=1S/C12H19NO/c1-2-12(8-9-14)13-10-11-6-4-3-5-7-11/h3-7,12-14H,2,8-10H2,1H3. The maximum absolute atomic E-state index is 8.82. The molecule has 0 aromatic heterocycles. The third kappa shape index (κ3) is 3.90. The summed E-state index contributed by atoms with van der Waals surface area (Å²) in [7, 11) is 0. The molecule has 14 heavy (non-hydrogen) atoms. The molecule has 0 saturated carbocycles. The van der Waals surface area contributed by atoms with Crippen LogP contribution in [0.25, 0.3) is 0 Å². The summed E-state index contributed by atoms with van der Waals surface area (Å²) < 4.78 is 0. The molecule has 0 bridgehead atoms. The molecule has 2 heteroatoms. The van der Waals surface area contributed by atoms with Gasteiger partial charge in [-0.3, -0.25) is 0 Å². The molecular weight excluding hydrogens is 174 g/mol. The van der Waals surface area contributed by atoms with Gasteiger partial charge in [-0.15, -0.1) is 0 Å². The molecule has 0 amide bonds. The second-order valence-electron chi connectivity index (χ2n) is 3.48. The Hall–Kier alpha value is -0.860. The highest BCUT2D eigenvalue weighted by molar-refractivity contribution is 5.14. The molecule has 78 valence electrons. The summed E-state index contributed by atoms with van der Waals surface area (Å²) in [5.74, 6) is 0. The predicted octanol–water partition coefficient (Wildman–Crippen LogP) is 1.94. The Bertz CT molecular complexity index is 235. The number of hydrogen-bond acceptors (Lipinski definition) is 2. The fraction of sp³-hybridized carbons (Fsp3) is 0.500. The first-order chi connectivity index (χ1) is 6.86. The lowest BCUT2D eigenvalue weighted by molar-refractivity contribution is 0.262. The van der Waals surface area contributed by atoms with Crippen LogP contribution in [0.4, 0.5) is 0 Å². The van der Waals surface area contributed by atoms with E-state index in [-0.39, 0.29) is 6.61 Å². The second kappa shape index (κ2) is 6.57. The van der Waals surface area contributed by atoms with Crippen LogP contribution >= 0.6 is 0 Å². The van der Waals surface area contributed by atoms with E-state index < -0.39 is 0 Å². The highest BCUT2D eigenvalue weighted by atomic mass is 16.3. The molecule has 0 fully saturated rings. The first-order valence-corrected chi connectivity index (χ1v) is 5.25. The third-order valence-corrected chi connectivity index (χ3v) is 2.41. The van der Waals surface area contributed by atoms with Gasteiger partial charge in [0.25, 0.3) is 0 Å². The van der Waals surface area contributed by atoms with Gasteiger partial charge in [-0.1, -0.05) is 37.3 Å². The molecule has 0 heterocycles. The molecule has 2 nitrogen and oxygen atoms in total. The zero-order valence-electron chi connectivity index (χ0n) is 8.74. The van der Waals surface area contributed by atoms with Crippen LogP contribution < -0.4 is 5.32 Å². The molecular formula is C12H19NO. The van der Waals surface area contributed by atoms with Crippen molar-refractivity contribution in [2.24, 2.45) is 0 Å². The van der Waals surface area contributed by atoms with E-state index in [4.69, 9.17) is 5.11 Å². The van der Waals surface area contributed by atoms with Crippen molar-refractivity contribution in [1.29, 1.82) is 0 Å². The Morgan fingerprint density at radius 1 is 1.29 bits per heavy atom. The van der Waals surface area contributed by atoms with Gasteiger partial charge in [-0.2, -0.15) is 0 Å². The van der Waals surface area contributed by atoms with Crippen molar-refractivity contribution >= 4 is 0 Å². The molecule has 0 radical (unpaired) electrons. The van der Waals surface area contributed by atoms with Crippen molar-refractivity contribution in [2.75, 3.05) is 6.61 Å². The van der Waals surface area contributed by atoms with Gasteiger partial charge >= 0.3 is 0 Å². The quantitative estimate of drug-likeness (QED) is 0.723. The minimum Gasteiger partial charge on any atom is -0.396 e. The van der Waals surface area contributed by atoms with Crippen molar-refractivity contribution in [2.45, 2.75) is 32.4 Å². The summed E-state index contributed by atoms with van der Waals surface area (Å²) in [6.07, 6.45) is 1.90. The fourth-order valence-corrected chi connectivity index (χ4v) is 1.46. The van der Waals surface area contributed by atoms with Crippen LogP contribution in [-0.2, 0) is 6.54 Å². The van der Waals surface area contributed by atoms with Gasteiger partial charge in [0.15, 0.2) is 0 Å². The van der Waals surface area contributed by atoms with E-state index in [1.54, 1.807) is 0 Å². The van der Waals surface area contributed by atoms with Gasteiger partial charge in [0.05, 0.1) is 0 Å². The zero-order chi connectivity index (χ0) is 10.2. The highest BCUT2D eigenvalue weighted by Crippen LogP contribution is 2.01. The zero-order valence-corrected chi connectivity index (χ0v) is 8.74. The predicted molar refractivity (Wildman–Crippen MR) is 59.1 cm³/mol. The second-order valence-corrected chi connectivity index (χ2v) is 3.48. The lowest BCUT2D eigenvalue weighted by atomic mass is 10.1. The van der Waals surface area contributed by atoms with Gasteiger partial charge in [0.1, 0.15) is 0 Å². The van der Waals surface area contributed by atoms with E-state index in [9.17, 15) is 0 Å². The Morgan fingerprint density at radius 3 is 2.57 bits per heavy atom. The van der Waals surface area contributed by atoms with Gasteiger partial charge in [-0.05, 0) is 18.4 Å². The monoisotopic (exact) mass is 193 g/mol. The van der Waals surface area contributed by atoms with Crippen LogP contribution in [0.3, 0.4) is 0 Å². The number of aliphatic hydroxyl groups excluding tert-OH is 1. The molecule has 1 aromatic rings. The molecule has 0 saturated heterocycles. The number of aliphatic hydroxyl groups is 1. The molecule has 0 aliphatic rings. The van der Waals surface area contributed by atoms with E-state index in [1.165, 1.54) is 5.56 Å². The summed E-state index contributed by atoms with van der Waals surface area (Å²) in [4.78, 5) is 0. The molecule has 0 aliphatic heterocycles. The average molecular weight is 193 g/mol. The fourth-order valence-electron chi connectivity index (χ4n) is 1.46. The number of benzene rings is 1. The Labute approximate surface area is 86.0 Å². The maximum Gasteiger partial charge on any atom is 0.0445 e. The van der Waals surface area contributed by atoms with Crippen LogP contribution in [0.1, 0.15) is 25.3 Å². The van der Waals surface area contributed by atoms with Crippen molar-refractivity contribution in [3.05, 3.63) is 35.9 Å². The summed E-state index contributed by atoms with van der Waals surface area (Å²) in [6.45, 7) is 3.29. The van der Waals surface area contributed by atoms with E-state index >= 15 is 0 Å². The summed E-state index contributed by atoms with van der Waals surface area (Å²) in [6, 6.07) is 10.8. The molecule has 1 unspecified atom stereocenters. The number of rotatable bonds is 6. The van der Waals surface area contributed by atoms with E-state index in [0.29, 0.717) is 6.04 Å². The Balaban J connectivity index is 2.32. The van der Waals surface area contributed by atoms with Gasteiger partial charge < -0.3 is 10.4 Å². The van der Waals surface area contributed by atoms with Crippen LogP contribution in [0, 0.1) is 0 Å². The minimum atomic E-state index is 0.264. The normalized spacial score (nSPS) is 12.7. The summed E-state index contributed by atoms with van der Waals surface area (Å²) in [5, 5.41) is 12.3. The van der Waals surface area contributed by atoms with Crippen LogP contribution in [0.15, 0.2) is 30.3 Å². The topological polar surface area (TPSA) is 32.3 Å². The maximum atomic E-state index is 8.82. The van der Waals surface area contributed by atoms with E-state index in [2.05, 4.69) is 24.4 Å². The third-order valence-electron chi connectivity index (χ3n) is 2.41. The van der Waals surface area contributed by atoms with Crippen molar-refractivity contribution < 1.29 is 5.11 Å². The van der Waals surface area contributed by atoms with E-state index in [0.717, 1.165) is 19.4 Å². The number of nitrogens with one attached hydrogen (secondary N) is 1. The smallest absolute Gasteiger partial charge is 0.0445 e. The van der Waals surface area contributed by atoms with Crippen molar-refractivity contribution in [1.82, 2.24) is 5.32 Å². The summed E-state index contributed by atoms with van der Waals surface area (Å²) >= 11 is 0. The van der Waals surface area contributed by atoms with Crippen molar-refractivity contribution in [3.63, 3.8) is 0 Å². The van der Waals surface area contributed by atoms with Gasteiger partial charge in [-0.25, -0.2) is 0 Å². The molecule has 2 N–H and O–H groups in total. The van der Waals surface area contributed by atoms with Crippen LogP contribution in [0.2, 0.25) is 0 Å². The first kappa shape index (κ1) is 11.2. The molecule has 1 atom stereocenters. The highest BCUT2D eigenvalue weighted by Gasteiger charge is 2.03. The molecule has 0 aliphatic carbocycles. The first-order valence-electron chi connectivity index (χ1n) is 5.25.